The fourth-order valence-corrected chi connectivity index (χ4v) is 4.93. The lowest BCUT2D eigenvalue weighted by atomic mass is 10.2. The number of rotatable bonds is 7. The molecule has 0 aliphatic heterocycles. The first-order valence-corrected chi connectivity index (χ1v) is 11.9. The summed E-state index contributed by atoms with van der Waals surface area (Å²) in [5, 5.41) is 5.80. The Morgan fingerprint density at radius 1 is 1.09 bits per heavy atom. The fraction of sp³-hybridized carbons (Fsp3) is 0.182. The van der Waals surface area contributed by atoms with E-state index < -0.39 is 34.2 Å². The minimum atomic E-state index is -4.68. The van der Waals surface area contributed by atoms with E-state index in [-0.39, 0.29) is 10.6 Å². The third kappa shape index (κ3) is 5.99. The molecule has 1 heterocycles. The van der Waals surface area contributed by atoms with Gasteiger partial charge in [0.15, 0.2) is 0 Å². The summed E-state index contributed by atoms with van der Waals surface area (Å²) in [5.74, 6) is -0.806. The van der Waals surface area contributed by atoms with Crippen molar-refractivity contribution < 1.29 is 26.4 Å². The maximum Gasteiger partial charge on any atom is 0.416 e. The van der Waals surface area contributed by atoms with Gasteiger partial charge >= 0.3 is 6.18 Å². The van der Waals surface area contributed by atoms with E-state index in [0.717, 1.165) is 22.6 Å². The molecule has 1 N–H and O–H groups in total. The Morgan fingerprint density at radius 2 is 1.79 bits per heavy atom. The van der Waals surface area contributed by atoms with Gasteiger partial charge in [0.05, 0.1) is 21.9 Å². The van der Waals surface area contributed by atoms with E-state index in [9.17, 15) is 26.4 Å². The van der Waals surface area contributed by atoms with Gasteiger partial charge in [-0.1, -0.05) is 29.8 Å². The van der Waals surface area contributed by atoms with Crippen LogP contribution >= 0.6 is 11.3 Å². The topological polar surface area (TPSA) is 78.8 Å². The molecule has 0 saturated heterocycles. The summed E-state index contributed by atoms with van der Waals surface area (Å²) in [4.78, 5) is 13.2. The second kappa shape index (κ2) is 9.75. The lowest BCUT2D eigenvalue weighted by molar-refractivity contribution is -0.137. The average Bonchev–Trinajstić information content (AvgIpc) is 3.30. The number of carbonyl (C=O) groups excluding carboxylic acids is 1. The van der Waals surface area contributed by atoms with Gasteiger partial charge in [-0.3, -0.25) is 9.10 Å². The van der Waals surface area contributed by atoms with Gasteiger partial charge in [-0.15, -0.1) is 11.3 Å². The number of nitrogens with one attached hydrogen (secondary N) is 1. The zero-order valence-corrected chi connectivity index (χ0v) is 19.3. The van der Waals surface area contributed by atoms with Crippen LogP contribution in [0.3, 0.4) is 0 Å². The van der Waals surface area contributed by atoms with Crippen molar-refractivity contribution in [3.8, 4) is 0 Å². The van der Waals surface area contributed by atoms with Crippen molar-refractivity contribution in [2.45, 2.75) is 24.9 Å². The first kappa shape index (κ1) is 24.5. The number of anilines is 1. The number of aryl methyl sites for hydroxylation is 1. The Morgan fingerprint density at radius 3 is 2.39 bits per heavy atom. The summed E-state index contributed by atoms with van der Waals surface area (Å²) in [6.07, 6.45) is -4.68. The van der Waals surface area contributed by atoms with Crippen LogP contribution < -0.4 is 9.73 Å². The van der Waals surface area contributed by atoms with Crippen LogP contribution in [0.4, 0.5) is 18.9 Å². The van der Waals surface area contributed by atoms with Gasteiger partial charge in [0.1, 0.15) is 6.54 Å². The number of alkyl halides is 3. The number of hydrogen-bond acceptors (Lipinski definition) is 5. The molecule has 1 aromatic heterocycles. The van der Waals surface area contributed by atoms with Crippen molar-refractivity contribution in [2.24, 2.45) is 5.10 Å². The van der Waals surface area contributed by atoms with Crippen LogP contribution in [0, 0.1) is 6.92 Å². The van der Waals surface area contributed by atoms with E-state index >= 15 is 0 Å². The van der Waals surface area contributed by atoms with Crippen molar-refractivity contribution in [1.29, 1.82) is 0 Å². The van der Waals surface area contributed by atoms with Crippen LogP contribution in [0.5, 0.6) is 0 Å². The Hall–Kier alpha value is -3.18. The third-order valence-electron chi connectivity index (χ3n) is 4.58. The third-order valence-corrected chi connectivity index (χ3v) is 7.35. The molecular formula is C22H20F3N3O3S2. The molecule has 0 aliphatic rings. The highest BCUT2D eigenvalue weighted by Crippen LogP contribution is 2.33. The predicted molar refractivity (Wildman–Crippen MR) is 122 cm³/mol. The second-order valence-corrected chi connectivity index (χ2v) is 9.89. The van der Waals surface area contributed by atoms with Crippen LogP contribution in [0.1, 0.15) is 22.9 Å². The monoisotopic (exact) mass is 495 g/mol. The van der Waals surface area contributed by atoms with Gasteiger partial charge in [0, 0.05) is 4.88 Å². The number of halogens is 3. The largest absolute Gasteiger partial charge is 0.416 e. The van der Waals surface area contributed by atoms with Gasteiger partial charge in [0.2, 0.25) is 0 Å². The summed E-state index contributed by atoms with van der Waals surface area (Å²) < 4.78 is 66.9. The van der Waals surface area contributed by atoms with Crippen LogP contribution in [-0.4, -0.2) is 26.6 Å². The highest BCUT2D eigenvalue weighted by molar-refractivity contribution is 7.92. The molecule has 0 spiro atoms. The Kier molecular flexibility index (Phi) is 7.23. The number of carbonyl (C=O) groups is 1. The number of sulfonamides is 1. The van der Waals surface area contributed by atoms with Crippen LogP contribution in [-0.2, 0) is 21.0 Å². The number of benzene rings is 2. The number of nitrogens with zero attached hydrogens (tertiary/aromatic N) is 2. The molecule has 33 heavy (non-hydrogen) atoms. The molecule has 0 radical (unpaired) electrons. The van der Waals surface area contributed by atoms with E-state index in [2.05, 4.69) is 10.5 Å². The summed E-state index contributed by atoms with van der Waals surface area (Å²) in [5.41, 5.74) is 2.26. The number of hydrazone groups is 1. The molecule has 1 amide bonds. The lowest BCUT2D eigenvalue weighted by Gasteiger charge is -2.24. The zero-order valence-electron chi connectivity index (χ0n) is 17.6. The van der Waals surface area contributed by atoms with Crippen molar-refractivity contribution in [3.63, 3.8) is 0 Å². The van der Waals surface area contributed by atoms with Crippen molar-refractivity contribution in [1.82, 2.24) is 5.43 Å². The van der Waals surface area contributed by atoms with Gasteiger partial charge < -0.3 is 0 Å². The molecule has 3 aromatic rings. The van der Waals surface area contributed by atoms with Crippen molar-refractivity contribution in [3.05, 3.63) is 82.0 Å². The van der Waals surface area contributed by atoms with Gasteiger partial charge in [-0.05, 0) is 55.6 Å². The highest BCUT2D eigenvalue weighted by Gasteiger charge is 2.33. The van der Waals surface area contributed by atoms with Crippen LogP contribution in [0.2, 0.25) is 0 Å². The molecule has 0 aliphatic carbocycles. The van der Waals surface area contributed by atoms with E-state index in [1.165, 1.54) is 29.5 Å². The van der Waals surface area contributed by atoms with Crippen molar-refractivity contribution in [2.75, 3.05) is 10.8 Å². The Bertz CT molecular complexity index is 1250. The van der Waals surface area contributed by atoms with Gasteiger partial charge in [0.25, 0.3) is 15.9 Å². The molecule has 6 nitrogen and oxygen atoms in total. The molecular weight excluding hydrogens is 475 g/mol. The number of amides is 1. The maximum absolute atomic E-state index is 13.3. The molecule has 3 rings (SSSR count). The Balaban J connectivity index is 1.96. The van der Waals surface area contributed by atoms with Gasteiger partial charge in [-0.25, -0.2) is 13.8 Å². The van der Waals surface area contributed by atoms with E-state index in [1.54, 1.807) is 32.0 Å². The molecule has 0 atom stereocenters. The standard InChI is InChI=1S/C22H20F3N3O3S2/c1-15-8-10-19(11-9-15)33(30,31)28(18-6-3-5-17(13-18)22(23,24)25)14-21(29)27-26-16(2)20-7-4-12-32-20/h3-13H,14H2,1-2H3,(H,27,29)/b26-16-. The first-order valence-electron chi connectivity index (χ1n) is 9.62. The number of hydrogen-bond donors (Lipinski definition) is 1. The number of thiophene rings is 1. The SMILES string of the molecule is C/C(=N/NC(=O)CN(c1cccc(C(F)(F)F)c1)S(=O)(=O)c1ccc(C)cc1)c1cccs1. The van der Waals surface area contributed by atoms with E-state index in [0.29, 0.717) is 16.1 Å². The molecule has 0 unspecified atom stereocenters. The summed E-state index contributed by atoms with van der Waals surface area (Å²) in [6, 6.07) is 13.2. The van der Waals surface area contributed by atoms with Gasteiger partial charge in [-0.2, -0.15) is 18.3 Å². The normalized spacial score (nSPS) is 12.5. The maximum atomic E-state index is 13.3. The summed E-state index contributed by atoms with van der Waals surface area (Å²) in [6.45, 7) is 2.67. The van der Waals surface area contributed by atoms with Crippen LogP contribution in [0.25, 0.3) is 0 Å². The van der Waals surface area contributed by atoms with E-state index in [1.807, 2.05) is 11.4 Å². The minimum absolute atomic E-state index is 0.156. The molecule has 174 valence electrons. The summed E-state index contributed by atoms with van der Waals surface area (Å²) in [7, 11) is -4.35. The first-order chi connectivity index (χ1) is 15.5. The molecule has 11 heteroatoms. The molecule has 2 aromatic carbocycles. The quantitative estimate of drug-likeness (QED) is 0.377. The smallest absolute Gasteiger partial charge is 0.271 e. The van der Waals surface area contributed by atoms with Crippen molar-refractivity contribution >= 4 is 38.7 Å². The highest BCUT2D eigenvalue weighted by atomic mass is 32.2. The lowest BCUT2D eigenvalue weighted by Crippen LogP contribution is -2.39. The van der Waals surface area contributed by atoms with E-state index in [4.69, 9.17) is 0 Å². The molecule has 0 saturated carbocycles. The fourth-order valence-electron chi connectivity index (χ4n) is 2.84. The summed E-state index contributed by atoms with van der Waals surface area (Å²) >= 11 is 1.41. The average molecular weight is 496 g/mol. The molecule has 0 fully saturated rings. The predicted octanol–water partition coefficient (Wildman–Crippen LogP) is 4.81. The molecule has 0 bridgehead atoms. The second-order valence-electron chi connectivity index (χ2n) is 7.08. The zero-order chi connectivity index (χ0) is 24.2. The van der Waals surface area contributed by atoms with Crippen LogP contribution in [0.15, 0.2) is 76.0 Å². The Labute approximate surface area is 193 Å². The minimum Gasteiger partial charge on any atom is -0.271 e.